The smallest absolute Gasteiger partial charge is 0.421 e. The van der Waals surface area contributed by atoms with Gasteiger partial charge in [0.2, 0.25) is 5.91 Å². The summed E-state index contributed by atoms with van der Waals surface area (Å²) >= 11 is 1.42. The van der Waals surface area contributed by atoms with Crippen LogP contribution in [0, 0.1) is 0 Å². The van der Waals surface area contributed by atoms with Crippen LogP contribution in [0.1, 0.15) is 16.1 Å². The molecule has 9 heteroatoms. The lowest BCUT2D eigenvalue weighted by Gasteiger charge is -2.11. The molecule has 0 fully saturated rings. The number of carbonyl (C=O) groups excluding carboxylic acids is 1. The van der Waals surface area contributed by atoms with E-state index in [0.717, 1.165) is 20.8 Å². The summed E-state index contributed by atoms with van der Waals surface area (Å²) in [5.74, 6) is 4.85. The van der Waals surface area contributed by atoms with Crippen LogP contribution in [0.4, 0.5) is 4.79 Å². The third kappa shape index (κ3) is 3.16. The fourth-order valence-corrected chi connectivity index (χ4v) is 3.08. The van der Waals surface area contributed by atoms with Crippen molar-refractivity contribution in [2.24, 2.45) is 11.6 Å². The number of benzene rings is 1. The summed E-state index contributed by atoms with van der Waals surface area (Å²) < 4.78 is 0.851. The van der Waals surface area contributed by atoms with Gasteiger partial charge in [0, 0.05) is 17.3 Å². The Morgan fingerprint density at radius 1 is 1.25 bits per heavy atom. The number of fused-ring (bicyclic) bond motifs is 1. The minimum absolute atomic E-state index is 0.00255. The van der Waals surface area contributed by atoms with Crippen LogP contribution in [0.3, 0.4) is 0 Å². The van der Waals surface area contributed by atoms with E-state index in [9.17, 15) is 9.59 Å². The van der Waals surface area contributed by atoms with Crippen molar-refractivity contribution >= 4 is 33.6 Å². The molecule has 3 rings (SSSR count). The summed E-state index contributed by atoms with van der Waals surface area (Å²) in [4.78, 5) is 30.6. The molecule has 0 bridgehead atoms. The minimum Gasteiger partial charge on any atom is -0.464 e. The van der Waals surface area contributed by atoms with Crippen molar-refractivity contribution < 1.29 is 14.7 Å². The van der Waals surface area contributed by atoms with Crippen molar-refractivity contribution in [3.05, 3.63) is 47.8 Å². The first-order valence-corrected chi connectivity index (χ1v) is 7.66. The Morgan fingerprint density at radius 3 is 2.67 bits per heavy atom. The monoisotopic (exact) mass is 343 g/mol. The highest BCUT2D eigenvalue weighted by Gasteiger charge is 2.11. The van der Waals surface area contributed by atoms with Gasteiger partial charge in [-0.25, -0.2) is 20.6 Å². The van der Waals surface area contributed by atoms with Gasteiger partial charge in [-0.3, -0.25) is 9.78 Å². The second-order valence-electron chi connectivity index (χ2n) is 5.01. The number of hydrazine groups is 1. The highest BCUT2D eigenvalue weighted by atomic mass is 32.1. The number of primary amides is 1. The molecule has 0 atom stereocenters. The Morgan fingerprint density at radius 2 is 2.04 bits per heavy atom. The lowest BCUT2D eigenvalue weighted by atomic mass is 10.2. The molecule has 0 aliphatic carbocycles. The normalized spacial score (nSPS) is 10.7. The molecule has 0 saturated carbocycles. The van der Waals surface area contributed by atoms with Crippen LogP contribution in [0.2, 0.25) is 0 Å². The average molecular weight is 343 g/mol. The van der Waals surface area contributed by atoms with Gasteiger partial charge in [-0.1, -0.05) is 0 Å². The molecule has 2 amide bonds. The third-order valence-corrected chi connectivity index (χ3v) is 4.39. The largest absolute Gasteiger partial charge is 0.464 e. The van der Waals surface area contributed by atoms with Gasteiger partial charge in [-0.2, -0.15) is 0 Å². The lowest BCUT2D eigenvalue weighted by Crippen LogP contribution is -2.35. The predicted molar refractivity (Wildman–Crippen MR) is 89.1 cm³/mol. The molecule has 2 aromatic heterocycles. The van der Waals surface area contributed by atoms with Gasteiger partial charge < -0.3 is 10.8 Å². The number of thiazole rings is 1. The molecule has 0 aliphatic heterocycles. The highest BCUT2D eigenvalue weighted by Crippen LogP contribution is 2.30. The van der Waals surface area contributed by atoms with E-state index in [4.69, 9.17) is 16.7 Å². The quantitative estimate of drug-likeness (QED) is 0.375. The highest BCUT2D eigenvalue weighted by molar-refractivity contribution is 7.21. The second kappa shape index (κ2) is 6.22. The first-order chi connectivity index (χ1) is 11.4. The van der Waals surface area contributed by atoms with Crippen LogP contribution >= 0.6 is 11.3 Å². The minimum atomic E-state index is -1.22. The van der Waals surface area contributed by atoms with Gasteiger partial charge in [-0.05, 0) is 30.3 Å². The lowest BCUT2D eigenvalue weighted by molar-refractivity contribution is 0.100. The number of nitrogens with two attached hydrogens (primary N) is 2. The molecule has 0 radical (unpaired) electrons. The van der Waals surface area contributed by atoms with Crippen LogP contribution < -0.4 is 11.6 Å². The number of hydrogen-bond acceptors (Lipinski definition) is 6. The Labute approximate surface area is 140 Å². The molecule has 0 aliphatic rings. The average Bonchev–Trinajstić information content (AvgIpc) is 2.98. The molecule has 3 aromatic rings. The van der Waals surface area contributed by atoms with Gasteiger partial charge in [-0.15, -0.1) is 11.3 Å². The molecule has 5 N–H and O–H groups in total. The van der Waals surface area contributed by atoms with Crippen molar-refractivity contribution in [2.75, 3.05) is 0 Å². The van der Waals surface area contributed by atoms with Crippen molar-refractivity contribution in [3.63, 3.8) is 0 Å². The van der Waals surface area contributed by atoms with Gasteiger partial charge in [0.15, 0.2) is 0 Å². The molecule has 8 nitrogen and oxygen atoms in total. The Balaban J connectivity index is 1.87. The summed E-state index contributed by atoms with van der Waals surface area (Å²) in [5.41, 5.74) is 7.80. The number of aromatic nitrogens is 2. The summed E-state index contributed by atoms with van der Waals surface area (Å²) in [7, 11) is 0. The van der Waals surface area contributed by atoms with Crippen molar-refractivity contribution in [3.8, 4) is 10.6 Å². The van der Waals surface area contributed by atoms with E-state index in [1.54, 1.807) is 36.5 Å². The van der Waals surface area contributed by atoms with E-state index < -0.39 is 12.0 Å². The van der Waals surface area contributed by atoms with Crippen molar-refractivity contribution in [1.82, 2.24) is 15.0 Å². The Bertz CT molecular complexity index is 923. The molecular weight excluding hydrogens is 330 g/mol. The van der Waals surface area contributed by atoms with Gasteiger partial charge in [0.25, 0.3) is 0 Å². The summed E-state index contributed by atoms with van der Waals surface area (Å²) in [6.07, 6.45) is 0.384. The molecule has 1 aromatic carbocycles. The first-order valence-electron chi connectivity index (χ1n) is 6.85. The van der Waals surface area contributed by atoms with E-state index in [-0.39, 0.29) is 6.54 Å². The maximum Gasteiger partial charge on any atom is 0.421 e. The van der Waals surface area contributed by atoms with Crippen LogP contribution in [-0.2, 0) is 6.54 Å². The number of rotatable bonds is 4. The van der Waals surface area contributed by atoms with Crippen LogP contribution in [0.5, 0.6) is 0 Å². The van der Waals surface area contributed by atoms with Crippen molar-refractivity contribution in [2.45, 2.75) is 6.54 Å². The SMILES string of the molecule is NC(=O)c1ccc2nc(-c3ccc(CN(N)C(=O)O)nc3)sc2c1. The maximum absolute atomic E-state index is 11.2. The third-order valence-electron chi connectivity index (χ3n) is 3.32. The van der Waals surface area contributed by atoms with Gasteiger partial charge >= 0.3 is 6.09 Å². The Kier molecular flexibility index (Phi) is 4.11. The topological polar surface area (TPSA) is 135 Å². The van der Waals surface area contributed by atoms with E-state index >= 15 is 0 Å². The van der Waals surface area contributed by atoms with Gasteiger partial charge in [0.05, 0.1) is 22.5 Å². The van der Waals surface area contributed by atoms with E-state index in [1.165, 1.54) is 11.3 Å². The zero-order valence-corrected chi connectivity index (χ0v) is 13.2. The molecule has 24 heavy (non-hydrogen) atoms. The molecule has 122 valence electrons. The predicted octanol–water partition coefficient (Wildman–Crippen LogP) is 1.81. The van der Waals surface area contributed by atoms with E-state index in [2.05, 4.69) is 9.97 Å². The number of amides is 2. The fraction of sp³-hybridized carbons (Fsp3) is 0.0667. The number of pyridine rings is 1. The Hall–Kier alpha value is -3.04. The van der Waals surface area contributed by atoms with Gasteiger partial charge in [0.1, 0.15) is 5.01 Å². The fourth-order valence-electron chi connectivity index (χ4n) is 2.09. The second-order valence-corrected chi connectivity index (χ2v) is 6.05. The van der Waals surface area contributed by atoms with Crippen LogP contribution in [-0.4, -0.2) is 32.1 Å². The van der Waals surface area contributed by atoms with Crippen LogP contribution in [0.25, 0.3) is 20.8 Å². The standard InChI is InChI=1S/C15H13N5O3S/c16-13(21)8-2-4-11-12(5-8)24-14(19-11)9-1-3-10(18-6-9)7-20(17)15(22)23/h1-6H,7,17H2,(H2,16,21)(H,22,23). The maximum atomic E-state index is 11.2. The van der Waals surface area contributed by atoms with Crippen LogP contribution in [0.15, 0.2) is 36.5 Å². The summed E-state index contributed by atoms with van der Waals surface area (Å²) in [5, 5.41) is 10.2. The summed E-state index contributed by atoms with van der Waals surface area (Å²) in [6, 6.07) is 8.58. The first kappa shape index (κ1) is 15.8. The molecule has 0 saturated heterocycles. The zero-order chi connectivity index (χ0) is 17.3. The molecule has 0 unspecified atom stereocenters. The number of hydrogen-bond donors (Lipinski definition) is 3. The van der Waals surface area contributed by atoms with Crippen molar-refractivity contribution in [1.29, 1.82) is 0 Å². The number of carboxylic acid groups (broad SMARTS) is 1. The molecule has 0 spiro atoms. The zero-order valence-electron chi connectivity index (χ0n) is 12.3. The molecule has 2 heterocycles. The number of nitrogens with zero attached hydrogens (tertiary/aromatic N) is 3. The van der Waals surface area contributed by atoms with E-state index in [0.29, 0.717) is 16.3 Å². The summed E-state index contributed by atoms with van der Waals surface area (Å²) in [6.45, 7) is -0.00255. The number of carbonyl (C=O) groups is 2. The molecular formula is C15H13N5O3S. The van der Waals surface area contributed by atoms with E-state index in [1.807, 2.05) is 0 Å².